The largest absolute Gasteiger partial charge is 0.497 e. The second-order valence-electron chi connectivity index (χ2n) is 9.99. The molecule has 0 fully saturated rings. The SMILES string of the molecule is C=Cc1cccc(C(C(=O)Nc2ccc(OC)cc2)N(CC)C(=O)C(NC(=O)OC(C)(C)C)C(C)C)c1. The van der Waals surface area contributed by atoms with Gasteiger partial charge in [-0.25, -0.2) is 4.79 Å². The van der Waals surface area contributed by atoms with Crippen LogP contribution in [0.1, 0.15) is 58.7 Å². The number of hydrogen-bond donors (Lipinski definition) is 2. The van der Waals surface area contributed by atoms with Gasteiger partial charge < -0.3 is 25.0 Å². The van der Waals surface area contributed by atoms with Crippen LogP contribution < -0.4 is 15.4 Å². The maximum absolute atomic E-state index is 13.9. The van der Waals surface area contributed by atoms with E-state index in [1.165, 1.54) is 4.90 Å². The van der Waals surface area contributed by atoms with E-state index < -0.39 is 23.8 Å². The minimum Gasteiger partial charge on any atom is -0.497 e. The molecule has 8 heteroatoms. The first-order valence-corrected chi connectivity index (χ1v) is 12.4. The Morgan fingerprint density at radius 3 is 2.24 bits per heavy atom. The van der Waals surface area contributed by atoms with E-state index in [0.29, 0.717) is 17.0 Å². The molecule has 37 heavy (non-hydrogen) atoms. The van der Waals surface area contributed by atoms with Crippen LogP contribution in [0, 0.1) is 5.92 Å². The summed E-state index contributed by atoms with van der Waals surface area (Å²) in [7, 11) is 1.57. The first-order valence-electron chi connectivity index (χ1n) is 12.4. The van der Waals surface area contributed by atoms with Crippen molar-refractivity contribution in [3.05, 3.63) is 66.2 Å². The molecular formula is C29H39N3O5. The van der Waals surface area contributed by atoms with Gasteiger partial charge in [0.1, 0.15) is 23.4 Å². The van der Waals surface area contributed by atoms with Crippen LogP contribution in [-0.2, 0) is 14.3 Å². The number of ether oxygens (including phenoxy) is 2. The van der Waals surface area contributed by atoms with Crippen molar-refractivity contribution < 1.29 is 23.9 Å². The number of methoxy groups -OCH3 is 1. The molecule has 2 unspecified atom stereocenters. The zero-order chi connectivity index (χ0) is 27.8. The van der Waals surface area contributed by atoms with Gasteiger partial charge in [-0.1, -0.05) is 44.7 Å². The maximum Gasteiger partial charge on any atom is 0.408 e. The topological polar surface area (TPSA) is 97.0 Å². The highest BCUT2D eigenvalue weighted by Gasteiger charge is 2.37. The van der Waals surface area contributed by atoms with Crippen molar-refractivity contribution in [2.75, 3.05) is 19.0 Å². The molecule has 0 radical (unpaired) electrons. The van der Waals surface area contributed by atoms with Gasteiger partial charge in [-0.05, 0) is 75.1 Å². The molecule has 2 aromatic rings. The van der Waals surface area contributed by atoms with Gasteiger partial charge in [-0.15, -0.1) is 0 Å². The first-order chi connectivity index (χ1) is 17.4. The molecule has 2 rings (SSSR count). The van der Waals surface area contributed by atoms with Gasteiger partial charge in [-0.3, -0.25) is 9.59 Å². The summed E-state index contributed by atoms with van der Waals surface area (Å²) in [5, 5.41) is 5.62. The number of amides is 3. The molecule has 0 saturated carbocycles. The molecule has 2 atom stereocenters. The lowest BCUT2D eigenvalue weighted by atomic mass is 9.97. The summed E-state index contributed by atoms with van der Waals surface area (Å²) in [6, 6.07) is 12.4. The predicted octanol–water partition coefficient (Wildman–Crippen LogP) is 5.42. The van der Waals surface area contributed by atoms with E-state index in [0.717, 1.165) is 5.56 Å². The van der Waals surface area contributed by atoms with Gasteiger partial charge in [0.15, 0.2) is 0 Å². The third-order valence-electron chi connectivity index (χ3n) is 5.61. The Kier molecular flexibility index (Phi) is 10.3. The van der Waals surface area contributed by atoms with Crippen LogP contribution in [0.4, 0.5) is 10.5 Å². The highest BCUT2D eigenvalue weighted by Crippen LogP contribution is 2.27. The number of likely N-dealkylation sites (N-methyl/N-ethyl adjacent to an activating group) is 1. The van der Waals surface area contributed by atoms with Crippen LogP contribution >= 0.6 is 0 Å². The Hall–Kier alpha value is -3.81. The molecule has 2 N–H and O–H groups in total. The molecule has 0 aliphatic heterocycles. The maximum atomic E-state index is 13.9. The normalized spacial score (nSPS) is 12.8. The van der Waals surface area contributed by atoms with Crippen molar-refractivity contribution in [2.24, 2.45) is 5.92 Å². The average molecular weight is 510 g/mol. The minimum atomic E-state index is -0.957. The molecule has 0 aliphatic carbocycles. The van der Waals surface area contributed by atoms with Crippen molar-refractivity contribution >= 4 is 29.7 Å². The van der Waals surface area contributed by atoms with Gasteiger partial charge in [0.2, 0.25) is 5.91 Å². The number of anilines is 1. The van der Waals surface area contributed by atoms with Crippen LogP contribution in [0.2, 0.25) is 0 Å². The van der Waals surface area contributed by atoms with Crippen molar-refractivity contribution in [2.45, 2.75) is 59.2 Å². The van der Waals surface area contributed by atoms with Crippen molar-refractivity contribution in [3.8, 4) is 5.75 Å². The van der Waals surface area contributed by atoms with E-state index in [1.807, 2.05) is 32.0 Å². The van der Waals surface area contributed by atoms with E-state index in [4.69, 9.17) is 9.47 Å². The summed E-state index contributed by atoms with van der Waals surface area (Å²) in [5.74, 6) is -0.367. The smallest absolute Gasteiger partial charge is 0.408 e. The predicted molar refractivity (Wildman–Crippen MR) is 146 cm³/mol. The minimum absolute atomic E-state index is 0.233. The van der Waals surface area contributed by atoms with Gasteiger partial charge in [0, 0.05) is 12.2 Å². The van der Waals surface area contributed by atoms with Crippen LogP contribution in [-0.4, -0.2) is 48.1 Å². The summed E-state index contributed by atoms with van der Waals surface area (Å²) in [4.78, 5) is 41.6. The van der Waals surface area contributed by atoms with Crippen LogP contribution in [0.25, 0.3) is 6.08 Å². The Morgan fingerprint density at radius 1 is 1.08 bits per heavy atom. The molecular weight excluding hydrogens is 470 g/mol. The third kappa shape index (κ3) is 8.37. The molecule has 0 bridgehead atoms. The van der Waals surface area contributed by atoms with Gasteiger partial charge >= 0.3 is 6.09 Å². The van der Waals surface area contributed by atoms with E-state index >= 15 is 0 Å². The van der Waals surface area contributed by atoms with E-state index in [2.05, 4.69) is 17.2 Å². The summed E-state index contributed by atoms with van der Waals surface area (Å²) < 4.78 is 10.6. The van der Waals surface area contributed by atoms with E-state index in [-0.39, 0.29) is 24.3 Å². The monoisotopic (exact) mass is 509 g/mol. The number of alkyl carbamates (subject to hydrolysis) is 1. The summed E-state index contributed by atoms with van der Waals surface area (Å²) in [5.41, 5.74) is 1.28. The summed E-state index contributed by atoms with van der Waals surface area (Å²) in [6.45, 7) is 14.8. The molecule has 8 nitrogen and oxygen atoms in total. The highest BCUT2D eigenvalue weighted by atomic mass is 16.6. The number of hydrogen-bond acceptors (Lipinski definition) is 5. The number of carbonyl (C=O) groups excluding carboxylic acids is 3. The number of nitrogens with zero attached hydrogens (tertiary/aromatic N) is 1. The molecule has 0 aromatic heterocycles. The molecule has 0 aliphatic rings. The van der Waals surface area contributed by atoms with Crippen molar-refractivity contribution in [1.29, 1.82) is 0 Å². The Bertz CT molecular complexity index is 1090. The fourth-order valence-electron chi connectivity index (χ4n) is 3.81. The fourth-order valence-corrected chi connectivity index (χ4v) is 3.81. The number of benzene rings is 2. The molecule has 2 aromatic carbocycles. The van der Waals surface area contributed by atoms with Gasteiger partial charge in [-0.2, -0.15) is 0 Å². The Balaban J connectivity index is 2.46. The fraction of sp³-hybridized carbons (Fsp3) is 0.414. The number of nitrogens with one attached hydrogen (secondary N) is 2. The number of carbonyl (C=O) groups is 3. The molecule has 0 spiro atoms. The van der Waals surface area contributed by atoms with Crippen LogP contribution in [0.15, 0.2) is 55.1 Å². The molecule has 200 valence electrons. The first kappa shape index (κ1) is 29.4. The van der Waals surface area contributed by atoms with Crippen LogP contribution in [0.3, 0.4) is 0 Å². The van der Waals surface area contributed by atoms with Crippen molar-refractivity contribution in [3.63, 3.8) is 0 Å². The molecule has 3 amide bonds. The summed E-state index contributed by atoms with van der Waals surface area (Å²) in [6.07, 6.45) is 0.990. The lowest BCUT2D eigenvalue weighted by molar-refractivity contribution is -0.141. The van der Waals surface area contributed by atoms with E-state index in [9.17, 15) is 14.4 Å². The quantitative estimate of drug-likeness (QED) is 0.446. The number of rotatable bonds is 10. The van der Waals surface area contributed by atoms with Gasteiger partial charge in [0.25, 0.3) is 5.91 Å². The van der Waals surface area contributed by atoms with Crippen molar-refractivity contribution in [1.82, 2.24) is 10.2 Å². The Morgan fingerprint density at radius 2 is 1.73 bits per heavy atom. The molecule has 0 saturated heterocycles. The zero-order valence-electron chi connectivity index (χ0n) is 22.8. The summed E-state index contributed by atoms with van der Waals surface area (Å²) >= 11 is 0. The second-order valence-corrected chi connectivity index (χ2v) is 9.99. The zero-order valence-corrected chi connectivity index (χ0v) is 22.8. The Labute approximate surface area is 220 Å². The molecule has 0 heterocycles. The standard InChI is InChI=1S/C29H39N3O5/c1-9-20-12-11-13-21(18-20)25(26(33)30-22-14-16-23(36-8)17-15-22)32(10-2)27(34)24(19(3)4)31-28(35)37-29(5,6)7/h9,11-19,24-25H,1,10H2,2-8H3,(H,30,33)(H,31,35). The third-order valence-corrected chi connectivity index (χ3v) is 5.61. The highest BCUT2D eigenvalue weighted by molar-refractivity contribution is 5.99. The van der Waals surface area contributed by atoms with E-state index in [1.54, 1.807) is 71.2 Å². The lowest BCUT2D eigenvalue weighted by Gasteiger charge is -2.35. The average Bonchev–Trinajstić information content (AvgIpc) is 2.84. The lowest BCUT2D eigenvalue weighted by Crippen LogP contribution is -2.54. The second kappa shape index (κ2) is 12.9. The van der Waals surface area contributed by atoms with Crippen LogP contribution in [0.5, 0.6) is 5.75 Å². The van der Waals surface area contributed by atoms with Gasteiger partial charge in [0.05, 0.1) is 7.11 Å².